The van der Waals surface area contributed by atoms with Crippen LogP contribution in [0.15, 0.2) is 35.7 Å². The van der Waals surface area contributed by atoms with E-state index in [2.05, 4.69) is 32.6 Å². The molecule has 1 aromatic heterocycles. The number of Topliss-reactive ketones (excluding diaryl/α,β-unsaturated/α-hetero) is 2. The molecule has 1 aliphatic heterocycles. The molecule has 1 fully saturated rings. The number of aryl methyl sites for hydroxylation is 3. The molecule has 0 N–H and O–H groups in total. The summed E-state index contributed by atoms with van der Waals surface area (Å²) < 4.78 is 0. The maximum absolute atomic E-state index is 12.9. The van der Waals surface area contributed by atoms with Crippen molar-refractivity contribution in [2.24, 2.45) is 0 Å². The minimum Gasteiger partial charge on any atom is -0.324 e. The SMILES string of the molecule is C=C1CCC(N2Cc3c(csc3CCC(=O)Cc3ccc(C)c(C)c3)C2=O)C(=O)C1. The molecule has 0 bridgehead atoms. The fourth-order valence-electron chi connectivity index (χ4n) is 4.40. The van der Waals surface area contributed by atoms with Gasteiger partial charge < -0.3 is 4.90 Å². The van der Waals surface area contributed by atoms with Crippen molar-refractivity contribution in [3.8, 4) is 0 Å². The van der Waals surface area contributed by atoms with Crippen molar-refractivity contribution in [1.82, 2.24) is 4.90 Å². The molecule has 0 radical (unpaired) electrons. The van der Waals surface area contributed by atoms with Gasteiger partial charge in [0.1, 0.15) is 5.78 Å². The van der Waals surface area contributed by atoms with Gasteiger partial charge in [-0.1, -0.05) is 30.4 Å². The van der Waals surface area contributed by atoms with Crippen LogP contribution in [0.5, 0.6) is 0 Å². The first kappa shape index (κ1) is 20.7. The van der Waals surface area contributed by atoms with Gasteiger partial charge in [0.25, 0.3) is 5.91 Å². The summed E-state index contributed by atoms with van der Waals surface area (Å²) in [5.74, 6) is 0.265. The lowest BCUT2D eigenvalue weighted by Crippen LogP contribution is -2.43. The molecule has 1 aliphatic carbocycles. The highest BCUT2D eigenvalue weighted by Crippen LogP contribution is 2.36. The molecule has 1 amide bonds. The molecule has 156 valence electrons. The van der Waals surface area contributed by atoms with Crippen LogP contribution in [0.25, 0.3) is 0 Å². The van der Waals surface area contributed by atoms with Gasteiger partial charge in [-0.15, -0.1) is 11.3 Å². The van der Waals surface area contributed by atoms with Gasteiger partial charge in [0.15, 0.2) is 5.78 Å². The molecule has 0 saturated heterocycles. The van der Waals surface area contributed by atoms with E-state index in [1.165, 1.54) is 11.1 Å². The second-order valence-corrected chi connectivity index (χ2v) is 9.53. The van der Waals surface area contributed by atoms with Crippen LogP contribution >= 0.6 is 11.3 Å². The normalized spacial score (nSPS) is 18.8. The molecule has 1 saturated carbocycles. The third kappa shape index (κ3) is 4.04. The van der Waals surface area contributed by atoms with E-state index < -0.39 is 0 Å². The minimum absolute atomic E-state index is 0.0418. The summed E-state index contributed by atoms with van der Waals surface area (Å²) in [6.07, 6.45) is 3.41. The van der Waals surface area contributed by atoms with Crippen LogP contribution < -0.4 is 0 Å². The Balaban J connectivity index is 1.39. The molecule has 2 heterocycles. The lowest BCUT2D eigenvalue weighted by atomic mass is 9.89. The van der Waals surface area contributed by atoms with Gasteiger partial charge >= 0.3 is 0 Å². The van der Waals surface area contributed by atoms with E-state index in [0.29, 0.717) is 44.2 Å². The van der Waals surface area contributed by atoms with Crippen molar-refractivity contribution < 1.29 is 14.4 Å². The number of benzene rings is 1. The number of carbonyl (C=O) groups excluding carboxylic acids is 3. The third-order valence-corrected chi connectivity index (χ3v) is 7.44. The first-order valence-electron chi connectivity index (χ1n) is 10.5. The second kappa shape index (κ2) is 8.31. The summed E-state index contributed by atoms with van der Waals surface area (Å²) in [4.78, 5) is 40.7. The fourth-order valence-corrected chi connectivity index (χ4v) is 5.44. The Labute approximate surface area is 181 Å². The van der Waals surface area contributed by atoms with Gasteiger partial charge in [-0.25, -0.2) is 0 Å². The zero-order valence-corrected chi connectivity index (χ0v) is 18.4. The van der Waals surface area contributed by atoms with Gasteiger partial charge in [0.05, 0.1) is 11.6 Å². The third-order valence-electron chi connectivity index (χ3n) is 6.35. The summed E-state index contributed by atoms with van der Waals surface area (Å²) in [7, 11) is 0. The number of nitrogens with zero attached hydrogens (tertiary/aromatic N) is 1. The molecule has 1 aromatic carbocycles. The average Bonchev–Trinajstić information content (AvgIpc) is 3.23. The zero-order chi connectivity index (χ0) is 21.4. The fraction of sp³-hybridized carbons (Fsp3) is 0.400. The van der Waals surface area contributed by atoms with Crippen molar-refractivity contribution in [2.45, 2.75) is 65.0 Å². The number of allylic oxidation sites excluding steroid dienone is 1. The molecule has 0 spiro atoms. The first-order valence-corrected chi connectivity index (χ1v) is 11.4. The van der Waals surface area contributed by atoms with Gasteiger partial charge in [0, 0.05) is 36.1 Å². The van der Waals surface area contributed by atoms with Gasteiger partial charge in [-0.05, 0) is 55.4 Å². The number of amides is 1. The van der Waals surface area contributed by atoms with Crippen molar-refractivity contribution >= 4 is 28.8 Å². The molecule has 30 heavy (non-hydrogen) atoms. The van der Waals surface area contributed by atoms with E-state index in [1.807, 2.05) is 11.4 Å². The van der Waals surface area contributed by atoms with Crippen LogP contribution in [0.2, 0.25) is 0 Å². The number of carbonyl (C=O) groups is 3. The average molecular weight is 422 g/mol. The standard InChI is InChI=1S/C25H27NO3S/c1-15-4-8-22(23(28)10-15)26-13-20-21(25(26)29)14-30-24(20)9-7-19(27)12-18-6-5-16(2)17(3)11-18/h5-6,11,14,22H,1,4,7-10,12-13H2,2-3H3. The summed E-state index contributed by atoms with van der Waals surface area (Å²) in [5, 5.41) is 1.90. The number of hydrogen-bond acceptors (Lipinski definition) is 4. The van der Waals surface area contributed by atoms with Crippen molar-refractivity contribution in [2.75, 3.05) is 0 Å². The molecule has 2 aliphatic rings. The lowest BCUT2D eigenvalue weighted by molar-refractivity contribution is -0.124. The second-order valence-electron chi connectivity index (χ2n) is 8.57. The minimum atomic E-state index is -0.334. The highest BCUT2D eigenvalue weighted by atomic mass is 32.1. The van der Waals surface area contributed by atoms with Crippen LogP contribution in [0.3, 0.4) is 0 Å². The van der Waals surface area contributed by atoms with Crippen molar-refractivity contribution in [3.63, 3.8) is 0 Å². The largest absolute Gasteiger partial charge is 0.324 e. The molecular weight excluding hydrogens is 394 g/mol. The summed E-state index contributed by atoms with van der Waals surface area (Å²) in [5.41, 5.74) is 6.18. The maximum Gasteiger partial charge on any atom is 0.255 e. The van der Waals surface area contributed by atoms with E-state index >= 15 is 0 Å². The smallest absolute Gasteiger partial charge is 0.255 e. The Bertz CT molecular complexity index is 1050. The van der Waals surface area contributed by atoms with Gasteiger partial charge in [0.2, 0.25) is 0 Å². The van der Waals surface area contributed by atoms with Crippen molar-refractivity contribution in [3.05, 3.63) is 68.4 Å². The molecule has 5 heteroatoms. The lowest BCUT2D eigenvalue weighted by Gasteiger charge is -2.30. The summed E-state index contributed by atoms with van der Waals surface area (Å²) in [6.45, 7) is 8.53. The topological polar surface area (TPSA) is 54.5 Å². The van der Waals surface area contributed by atoms with Crippen LogP contribution in [0.4, 0.5) is 0 Å². The van der Waals surface area contributed by atoms with Gasteiger partial charge in [-0.2, -0.15) is 0 Å². The molecular formula is C25H27NO3S. The molecule has 1 atom stereocenters. The highest BCUT2D eigenvalue weighted by Gasteiger charge is 2.39. The Morgan fingerprint density at radius 1 is 1.23 bits per heavy atom. The molecule has 4 nitrogen and oxygen atoms in total. The molecule has 1 unspecified atom stereocenters. The number of rotatable bonds is 6. The van der Waals surface area contributed by atoms with Crippen LogP contribution in [0, 0.1) is 13.8 Å². The molecule has 4 rings (SSSR count). The monoisotopic (exact) mass is 421 g/mol. The van der Waals surface area contributed by atoms with Gasteiger partial charge in [-0.3, -0.25) is 14.4 Å². The highest BCUT2D eigenvalue weighted by molar-refractivity contribution is 7.10. The Morgan fingerprint density at radius 2 is 2.03 bits per heavy atom. The Kier molecular flexibility index (Phi) is 5.74. The number of hydrogen-bond donors (Lipinski definition) is 0. The number of ketones is 2. The van der Waals surface area contributed by atoms with E-state index in [-0.39, 0.29) is 23.5 Å². The molecule has 2 aromatic rings. The number of thiophene rings is 1. The predicted molar refractivity (Wildman–Crippen MR) is 119 cm³/mol. The van der Waals surface area contributed by atoms with Crippen LogP contribution in [-0.4, -0.2) is 28.4 Å². The Hall–Kier alpha value is -2.53. The van der Waals surface area contributed by atoms with E-state index in [1.54, 1.807) is 16.2 Å². The van der Waals surface area contributed by atoms with Crippen molar-refractivity contribution in [1.29, 1.82) is 0 Å². The summed E-state index contributed by atoms with van der Waals surface area (Å²) in [6, 6.07) is 5.84. The summed E-state index contributed by atoms with van der Waals surface area (Å²) >= 11 is 1.56. The number of fused-ring (bicyclic) bond motifs is 1. The van der Waals surface area contributed by atoms with E-state index in [4.69, 9.17) is 0 Å². The predicted octanol–water partition coefficient (Wildman–Crippen LogP) is 4.74. The Morgan fingerprint density at radius 3 is 2.77 bits per heavy atom. The maximum atomic E-state index is 12.9. The van der Waals surface area contributed by atoms with Crippen LogP contribution in [0.1, 0.15) is 63.2 Å². The zero-order valence-electron chi connectivity index (χ0n) is 17.6. The quantitative estimate of drug-likeness (QED) is 0.633. The van der Waals surface area contributed by atoms with E-state index in [9.17, 15) is 14.4 Å². The van der Waals surface area contributed by atoms with E-state index in [0.717, 1.165) is 28.0 Å². The van der Waals surface area contributed by atoms with Crippen LogP contribution in [-0.2, 0) is 29.0 Å². The first-order chi connectivity index (χ1) is 14.3.